The van der Waals surface area contributed by atoms with Gasteiger partial charge in [0.25, 0.3) is 0 Å². The van der Waals surface area contributed by atoms with Crippen LogP contribution < -0.4 is 20.5 Å². The van der Waals surface area contributed by atoms with E-state index in [1.165, 1.54) is 0 Å². The van der Waals surface area contributed by atoms with E-state index >= 15 is 0 Å². The van der Waals surface area contributed by atoms with Crippen LogP contribution in [-0.4, -0.2) is 44.0 Å². The van der Waals surface area contributed by atoms with Crippen LogP contribution in [0.3, 0.4) is 0 Å². The maximum atomic E-state index is 13.0. The Hall–Kier alpha value is -2.37. The largest absolute Gasteiger partial charge is 0.487 e. The van der Waals surface area contributed by atoms with Gasteiger partial charge >= 0.3 is 5.97 Å². The lowest BCUT2D eigenvalue weighted by atomic mass is 9.97. The van der Waals surface area contributed by atoms with Crippen molar-refractivity contribution in [3.8, 4) is 5.75 Å². The van der Waals surface area contributed by atoms with Crippen molar-refractivity contribution in [3.63, 3.8) is 0 Å². The number of nitrogens with one attached hydrogen (secondary N) is 2. The molecule has 0 fully saturated rings. The highest BCUT2D eigenvalue weighted by molar-refractivity contribution is 7.89. The fourth-order valence-corrected chi connectivity index (χ4v) is 5.11. The van der Waals surface area contributed by atoms with Crippen molar-refractivity contribution < 1.29 is 23.1 Å². The monoisotopic (exact) mass is 440 g/mol. The second kappa shape index (κ2) is 9.19. The van der Waals surface area contributed by atoms with E-state index in [4.69, 9.17) is 21.1 Å². The maximum absolute atomic E-state index is 13.0. The van der Waals surface area contributed by atoms with Gasteiger partial charge in [-0.3, -0.25) is 10.1 Å². The summed E-state index contributed by atoms with van der Waals surface area (Å²) in [6.07, 6.45) is -0.0335. The molecule has 11 nitrogen and oxygen atoms in total. The maximum Gasteiger partial charge on any atom is 0.312 e. The first-order valence-electron chi connectivity index (χ1n) is 9.48. The van der Waals surface area contributed by atoms with Gasteiger partial charge in [0, 0.05) is 16.9 Å². The number of hydrogen-bond acceptors (Lipinski definition) is 7. The Labute approximate surface area is 175 Å². The first-order chi connectivity index (χ1) is 13.9. The predicted molar refractivity (Wildman–Crippen MR) is 110 cm³/mol. The Balaban J connectivity index is 2.04. The predicted octanol–water partition coefficient (Wildman–Crippen LogP) is 1.67. The number of aliphatic carboxylic acids is 1. The number of ether oxygens (including phenoxy) is 1. The molecule has 1 aromatic rings. The van der Waals surface area contributed by atoms with Crippen molar-refractivity contribution >= 4 is 16.0 Å². The van der Waals surface area contributed by atoms with E-state index in [2.05, 4.69) is 20.1 Å². The number of nitrogens with two attached hydrogens (primary N) is 1. The number of carboxylic acid groups (broad SMARTS) is 1. The van der Waals surface area contributed by atoms with Crippen LogP contribution in [0.4, 0.5) is 0 Å². The number of carboxylic acids is 1. The molecule has 2 rings (SSSR count). The van der Waals surface area contributed by atoms with E-state index in [-0.39, 0.29) is 17.9 Å². The number of sulfonamides is 1. The highest BCUT2D eigenvalue weighted by atomic mass is 32.2. The lowest BCUT2D eigenvalue weighted by molar-refractivity contribution is -0.138. The third-order valence-corrected chi connectivity index (χ3v) is 6.56. The molecule has 0 saturated carbocycles. The van der Waals surface area contributed by atoms with Crippen molar-refractivity contribution in [3.05, 3.63) is 33.2 Å². The van der Waals surface area contributed by atoms with Gasteiger partial charge in [-0.05, 0) is 69.8 Å². The molecule has 1 heterocycles. The molecule has 0 spiro atoms. The summed E-state index contributed by atoms with van der Waals surface area (Å²) >= 11 is 0. The van der Waals surface area contributed by atoms with Gasteiger partial charge in [-0.25, -0.2) is 8.42 Å². The average Bonchev–Trinajstić information content (AvgIpc) is 2.91. The zero-order chi connectivity index (χ0) is 22.7. The summed E-state index contributed by atoms with van der Waals surface area (Å²) in [6, 6.07) is 0.555. The number of fused-ring (bicyclic) bond motifs is 1. The second-order valence-electron chi connectivity index (χ2n) is 7.92. The fraction of sp³-hybridized carbons (Fsp3) is 0.611. The topological polar surface area (TPSA) is 180 Å². The van der Waals surface area contributed by atoms with E-state index in [1.807, 2.05) is 13.8 Å². The Morgan fingerprint density at radius 2 is 2.13 bits per heavy atom. The van der Waals surface area contributed by atoms with E-state index in [9.17, 15) is 13.2 Å². The van der Waals surface area contributed by atoms with E-state index in [0.717, 1.165) is 5.56 Å². The minimum atomic E-state index is -3.91. The number of hydrogen-bond donors (Lipinski definition) is 4. The zero-order valence-electron chi connectivity index (χ0n) is 17.5. The highest BCUT2D eigenvalue weighted by Crippen LogP contribution is 2.40. The second-order valence-corrected chi connectivity index (χ2v) is 9.57. The van der Waals surface area contributed by atoms with Crippen LogP contribution in [0.25, 0.3) is 10.4 Å². The smallest absolute Gasteiger partial charge is 0.312 e. The molecule has 30 heavy (non-hydrogen) atoms. The molecule has 1 aliphatic rings. The van der Waals surface area contributed by atoms with Crippen LogP contribution in [0.5, 0.6) is 5.75 Å². The summed E-state index contributed by atoms with van der Waals surface area (Å²) < 4.78 is 34.2. The molecular formula is C18H28N6O5S. The summed E-state index contributed by atoms with van der Waals surface area (Å²) in [5, 5.41) is 14.9. The number of benzene rings is 1. The molecule has 1 unspecified atom stereocenters. The fourth-order valence-electron chi connectivity index (χ4n) is 3.56. The van der Waals surface area contributed by atoms with Crippen molar-refractivity contribution in [2.45, 2.75) is 69.8 Å². The molecule has 5 N–H and O–H groups in total. The average molecular weight is 441 g/mol. The molecule has 0 aliphatic carbocycles. The van der Waals surface area contributed by atoms with E-state index < -0.39 is 33.9 Å². The summed E-state index contributed by atoms with van der Waals surface area (Å²) in [5.41, 5.74) is 15.9. The van der Waals surface area contributed by atoms with Crippen molar-refractivity contribution in [1.82, 2.24) is 10.0 Å². The zero-order valence-corrected chi connectivity index (χ0v) is 18.3. The minimum Gasteiger partial charge on any atom is -0.487 e. The Kier molecular flexibility index (Phi) is 7.32. The van der Waals surface area contributed by atoms with Crippen molar-refractivity contribution in [2.75, 3.05) is 6.54 Å². The van der Waals surface area contributed by atoms with E-state index in [1.54, 1.807) is 19.9 Å². The Bertz CT molecular complexity index is 970. The Morgan fingerprint density at radius 3 is 2.73 bits per heavy atom. The molecular weight excluding hydrogens is 412 g/mol. The van der Waals surface area contributed by atoms with Gasteiger partial charge in [-0.15, -0.1) is 0 Å². The summed E-state index contributed by atoms with van der Waals surface area (Å²) in [6.45, 7) is 7.59. The molecule has 0 saturated heterocycles. The van der Waals surface area contributed by atoms with Gasteiger partial charge < -0.3 is 15.6 Å². The van der Waals surface area contributed by atoms with Gasteiger partial charge in [0.1, 0.15) is 23.7 Å². The quantitative estimate of drug-likeness (QED) is 0.140. The summed E-state index contributed by atoms with van der Waals surface area (Å²) in [7, 11) is -3.91. The minimum absolute atomic E-state index is 0.102. The van der Waals surface area contributed by atoms with Gasteiger partial charge in [0.2, 0.25) is 10.0 Å². The van der Waals surface area contributed by atoms with Crippen LogP contribution in [0.15, 0.2) is 16.1 Å². The number of nitrogens with zero attached hydrogens (tertiary/aromatic N) is 3. The first kappa shape index (κ1) is 23.9. The lowest BCUT2D eigenvalue weighted by Crippen LogP contribution is -2.52. The molecule has 166 valence electrons. The van der Waals surface area contributed by atoms with Crippen LogP contribution in [0.2, 0.25) is 0 Å². The molecule has 0 amide bonds. The number of carbonyl (C=O) groups is 1. The molecule has 12 heteroatoms. The molecule has 1 aromatic carbocycles. The van der Waals surface area contributed by atoms with Crippen LogP contribution in [-0.2, 0) is 21.2 Å². The van der Waals surface area contributed by atoms with E-state index in [0.29, 0.717) is 29.7 Å². The van der Waals surface area contributed by atoms with Gasteiger partial charge in [-0.1, -0.05) is 5.11 Å². The summed E-state index contributed by atoms with van der Waals surface area (Å²) in [4.78, 5) is 13.6. The first-order valence-corrected chi connectivity index (χ1v) is 11.0. The normalized spacial score (nSPS) is 16.8. The SMILES string of the molecule is Cc1cc2c(c(C)c1S(=O)(=O)NC(N)NCCC[C@H](N=[N+]=[N-])C(=O)O)CC(C)(C)O2. The van der Waals surface area contributed by atoms with Gasteiger partial charge in [0.05, 0.1) is 4.90 Å². The standard InChI is InChI=1S/C18H28N6O5S/c1-10-8-14-12(9-18(3,4)29-14)11(2)15(10)30(27,28)23-17(19)21-7-5-6-13(16(25)26)22-24-20/h8,13,17,21,23H,5-7,9,19H2,1-4H3,(H,25,26)/t13-,17?/m0/s1. The van der Waals surface area contributed by atoms with Gasteiger partial charge in [-0.2, -0.15) is 4.72 Å². The molecule has 1 aliphatic heterocycles. The molecule has 2 atom stereocenters. The van der Waals surface area contributed by atoms with Crippen molar-refractivity contribution in [1.29, 1.82) is 0 Å². The molecule has 0 radical (unpaired) electrons. The van der Waals surface area contributed by atoms with Crippen molar-refractivity contribution in [2.24, 2.45) is 10.8 Å². The molecule has 0 aromatic heterocycles. The van der Waals surface area contributed by atoms with Crippen LogP contribution in [0, 0.1) is 13.8 Å². The lowest BCUT2D eigenvalue weighted by Gasteiger charge is -2.19. The number of rotatable bonds is 10. The third kappa shape index (κ3) is 5.61. The van der Waals surface area contributed by atoms with Crippen LogP contribution in [0.1, 0.15) is 43.4 Å². The number of azide groups is 1. The number of aryl methyl sites for hydroxylation is 1. The van der Waals surface area contributed by atoms with Crippen LogP contribution >= 0.6 is 0 Å². The third-order valence-electron chi connectivity index (χ3n) is 4.83. The summed E-state index contributed by atoms with van der Waals surface area (Å²) in [5.74, 6) is -0.517. The van der Waals surface area contributed by atoms with Gasteiger partial charge in [0.15, 0.2) is 0 Å². The Morgan fingerprint density at radius 1 is 1.47 bits per heavy atom. The molecule has 0 bridgehead atoms. The highest BCUT2D eigenvalue weighted by Gasteiger charge is 2.35.